The third-order valence-electron chi connectivity index (χ3n) is 3.83. The third-order valence-corrected chi connectivity index (χ3v) is 5.62. The first-order chi connectivity index (χ1) is 10.3. The van der Waals surface area contributed by atoms with Crippen molar-refractivity contribution in [1.82, 2.24) is 9.13 Å². The maximum atomic E-state index is 12.8. The molecule has 3 rings (SSSR count). The molecule has 0 bridgehead atoms. The van der Waals surface area contributed by atoms with Gasteiger partial charge in [-0.05, 0) is 18.1 Å². The predicted molar refractivity (Wildman–Crippen MR) is 81.6 cm³/mol. The lowest BCUT2D eigenvalue weighted by atomic mass is 10.2. The van der Waals surface area contributed by atoms with Crippen LogP contribution in [-0.4, -0.2) is 24.1 Å². The monoisotopic (exact) mass is 321 g/mol. The first kappa shape index (κ1) is 14.6. The number of benzene rings is 1. The van der Waals surface area contributed by atoms with Gasteiger partial charge in [0, 0.05) is 26.8 Å². The van der Waals surface area contributed by atoms with Crippen molar-refractivity contribution in [3.63, 3.8) is 0 Å². The summed E-state index contributed by atoms with van der Waals surface area (Å²) in [5.74, 6) is 0. The number of para-hydroxylation sites is 1. The van der Waals surface area contributed by atoms with Gasteiger partial charge in [0.25, 0.3) is 15.6 Å². The maximum absolute atomic E-state index is 12.8. The fourth-order valence-electron chi connectivity index (χ4n) is 2.63. The topological polar surface area (TPSA) is 81.4 Å². The Labute approximate surface area is 127 Å². The van der Waals surface area contributed by atoms with Crippen LogP contribution in [0.3, 0.4) is 0 Å². The molecule has 0 atom stereocenters. The minimum absolute atomic E-state index is 0.285. The van der Waals surface area contributed by atoms with Gasteiger partial charge in [-0.1, -0.05) is 18.2 Å². The molecule has 1 aromatic carbocycles. The van der Waals surface area contributed by atoms with Crippen molar-refractivity contribution in [1.29, 1.82) is 0 Å². The van der Waals surface area contributed by atoms with Gasteiger partial charge in [0.15, 0.2) is 4.90 Å². The van der Waals surface area contributed by atoms with E-state index in [1.807, 2.05) is 12.1 Å². The van der Waals surface area contributed by atoms with E-state index in [9.17, 15) is 18.0 Å². The molecule has 0 N–H and O–H groups in total. The zero-order chi connectivity index (χ0) is 16.1. The van der Waals surface area contributed by atoms with Crippen molar-refractivity contribution < 1.29 is 8.42 Å². The van der Waals surface area contributed by atoms with Crippen molar-refractivity contribution in [2.75, 3.05) is 10.8 Å². The molecular formula is C14H15N3O4S. The van der Waals surface area contributed by atoms with Gasteiger partial charge in [-0.15, -0.1) is 0 Å². The lowest BCUT2D eigenvalue weighted by molar-refractivity contribution is 0.581. The van der Waals surface area contributed by atoms with Crippen LogP contribution in [0.25, 0.3) is 0 Å². The van der Waals surface area contributed by atoms with Crippen molar-refractivity contribution >= 4 is 15.7 Å². The molecular weight excluding hydrogens is 306 g/mol. The Bertz CT molecular complexity index is 972. The molecule has 0 saturated carbocycles. The lowest BCUT2D eigenvalue weighted by Gasteiger charge is -2.19. The molecule has 0 unspecified atom stereocenters. The number of aromatic nitrogens is 2. The fraction of sp³-hybridized carbons (Fsp3) is 0.286. The number of nitrogens with zero attached hydrogens (tertiary/aromatic N) is 3. The van der Waals surface area contributed by atoms with Gasteiger partial charge >= 0.3 is 5.69 Å². The highest BCUT2D eigenvalue weighted by atomic mass is 32.2. The van der Waals surface area contributed by atoms with Gasteiger partial charge in [0.1, 0.15) is 0 Å². The number of hydrogen-bond acceptors (Lipinski definition) is 4. The number of aryl methyl sites for hydroxylation is 1. The van der Waals surface area contributed by atoms with E-state index in [0.717, 1.165) is 20.9 Å². The highest BCUT2D eigenvalue weighted by Crippen LogP contribution is 2.31. The number of hydrogen-bond donors (Lipinski definition) is 0. The van der Waals surface area contributed by atoms with Crippen LogP contribution in [0.15, 0.2) is 44.9 Å². The van der Waals surface area contributed by atoms with Crippen molar-refractivity contribution in [3.05, 3.63) is 56.9 Å². The quantitative estimate of drug-likeness (QED) is 0.769. The molecule has 0 radical (unpaired) electrons. The van der Waals surface area contributed by atoms with E-state index in [4.69, 9.17) is 0 Å². The smallest absolute Gasteiger partial charge is 0.302 e. The van der Waals surface area contributed by atoms with Gasteiger partial charge in [-0.3, -0.25) is 13.7 Å². The van der Waals surface area contributed by atoms with Crippen molar-refractivity contribution in [3.8, 4) is 0 Å². The summed E-state index contributed by atoms with van der Waals surface area (Å²) in [6.07, 6.45) is 1.68. The molecule has 1 aromatic heterocycles. The molecule has 1 aliphatic heterocycles. The zero-order valence-corrected chi connectivity index (χ0v) is 13.0. The highest BCUT2D eigenvalue weighted by molar-refractivity contribution is 7.92. The molecule has 0 saturated heterocycles. The normalized spacial score (nSPS) is 14.2. The van der Waals surface area contributed by atoms with Gasteiger partial charge < -0.3 is 4.57 Å². The van der Waals surface area contributed by atoms with E-state index in [2.05, 4.69) is 0 Å². The van der Waals surface area contributed by atoms with E-state index in [1.54, 1.807) is 12.1 Å². The molecule has 7 nitrogen and oxygen atoms in total. The summed E-state index contributed by atoms with van der Waals surface area (Å²) in [6.45, 7) is 0.285. The van der Waals surface area contributed by atoms with E-state index < -0.39 is 26.2 Å². The van der Waals surface area contributed by atoms with Crippen LogP contribution < -0.4 is 15.6 Å². The van der Waals surface area contributed by atoms with E-state index >= 15 is 0 Å². The molecule has 0 amide bonds. The second-order valence-corrected chi connectivity index (χ2v) is 7.04. The van der Waals surface area contributed by atoms with Crippen molar-refractivity contribution in [2.24, 2.45) is 14.1 Å². The standard InChI is InChI=1S/C14H15N3O4S/c1-15-9-12(13(18)16(2)14(15)19)22(20,21)17-8-7-10-5-3-4-6-11(10)17/h3-6,9H,7-8H2,1-2H3. The van der Waals surface area contributed by atoms with Gasteiger partial charge in [0.2, 0.25) is 0 Å². The molecule has 0 spiro atoms. The van der Waals surface area contributed by atoms with Crippen LogP contribution in [0.5, 0.6) is 0 Å². The maximum Gasteiger partial charge on any atom is 0.330 e. The van der Waals surface area contributed by atoms with E-state index in [-0.39, 0.29) is 6.54 Å². The Balaban J connectivity index is 2.22. The summed E-state index contributed by atoms with van der Waals surface area (Å²) in [5, 5.41) is 0. The minimum Gasteiger partial charge on any atom is -0.302 e. The summed E-state index contributed by atoms with van der Waals surface area (Å²) in [4.78, 5) is 23.5. The van der Waals surface area contributed by atoms with Gasteiger partial charge in [-0.25, -0.2) is 13.2 Å². The summed E-state index contributed by atoms with van der Waals surface area (Å²) >= 11 is 0. The second kappa shape index (κ2) is 4.84. The van der Waals surface area contributed by atoms with E-state index in [0.29, 0.717) is 12.1 Å². The molecule has 0 fully saturated rings. The summed E-state index contributed by atoms with van der Waals surface area (Å²) in [7, 11) is -1.32. The summed E-state index contributed by atoms with van der Waals surface area (Å²) in [5.41, 5.74) is 0.129. The fourth-order valence-corrected chi connectivity index (χ4v) is 4.28. The highest BCUT2D eigenvalue weighted by Gasteiger charge is 2.33. The average molecular weight is 321 g/mol. The van der Waals surface area contributed by atoms with Gasteiger partial charge in [0.05, 0.1) is 5.69 Å². The molecule has 8 heteroatoms. The Morgan fingerprint density at radius 3 is 2.50 bits per heavy atom. The van der Waals surface area contributed by atoms with Crippen LogP contribution in [0.1, 0.15) is 5.56 Å². The number of anilines is 1. The lowest BCUT2D eigenvalue weighted by Crippen LogP contribution is -2.42. The predicted octanol–water partition coefficient (Wildman–Crippen LogP) is -0.165. The molecule has 2 aromatic rings. The first-order valence-corrected chi connectivity index (χ1v) is 8.15. The van der Waals surface area contributed by atoms with Crippen LogP contribution in [0.4, 0.5) is 5.69 Å². The summed E-state index contributed by atoms with van der Waals surface area (Å²) in [6, 6.07) is 7.18. The SMILES string of the molecule is Cn1cc(S(=O)(=O)N2CCc3ccccc32)c(=O)n(C)c1=O. The van der Waals surface area contributed by atoms with E-state index in [1.165, 1.54) is 18.4 Å². The molecule has 116 valence electrons. The van der Waals surface area contributed by atoms with Crippen molar-refractivity contribution in [2.45, 2.75) is 11.3 Å². The molecule has 1 aliphatic rings. The Morgan fingerprint density at radius 1 is 1.09 bits per heavy atom. The number of sulfonamides is 1. The van der Waals surface area contributed by atoms with Gasteiger partial charge in [-0.2, -0.15) is 0 Å². The average Bonchev–Trinajstić information content (AvgIpc) is 2.93. The molecule has 2 heterocycles. The molecule has 0 aliphatic carbocycles. The molecule has 22 heavy (non-hydrogen) atoms. The van der Waals surface area contributed by atoms with Crippen LogP contribution >= 0.6 is 0 Å². The van der Waals surface area contributed by atoms with Crippen LogP contribution in [-0.2, 0) is 30.5 Å². The van der Waals surface area contributed by atoms with Crippen LogP contribution in [0, 0.1) is 0 Å². The summed E-state index contributed by atoms with van der Waals surface area (Å²) < 4.78 is 28.8. The Hall–Kier alpha value is -2.35. The third kappa shape index (κ3) is 1.98. The minimum atomic E-state index is -4.00. The zero-order valence-electron chi connectivity index (χ0n) is 12.2. The first-order valence-electron chi connectivity index (χ1n) is 6.71. The largest absolute Gasteiger partial charge is 0.330 e. The second-order valence-electron chi connectivity index (χ2n) is 5.21. The van der Waals surface area contributed by atoms with Crippen LogP contribution in [0.2, 0.25) is 0 Å². The Kier molecular flexibility index (Phi) is 3.21. The Morgan fingerprint density at radius 2 is 1.77 bits per heavy atom. The number of fused-ring (bicyclic) bond motifs is 1. The number of rotatable bonds is 2.